The van der Waals surface area contributed by atoms with E-state index < -0.39 is 10.0 Å². The Morgan fingerprint density at radius 3 is 2.15 bits per heavy atom. The van der Waals surface area contributed by atoms with Gasteiger partial charge in [0.15, 0.2) is 0 Å². The lowest BCUT2D eigenvalue weighted by molar-refractivity contribution is -0.126. The minimum Gasteiger partial charge on any atom is -0.369 e. The van der Waals surface area contributed by atoms with E-state index in [1.165, 1.54) is 22.1 Å². The van der Waals surface area contributed by atoms with Crippen LogP contribution in [0.5, 0.6) is 0 Å². The Morgan fingerprint density at radius 2 is 1.55 bits per heavy atom. The van der Waals surface area contributed by atoms with Gasteiger partial charge in [-0.3, -0.25) is 4.79 Å². The molecule has 0 spiro atoms. The topological polar surface area (TPSA) is 73.0 Å². The van der Waals surface area contributed by atoms with E-state index in [4.69, 9.17) is 11.6 Å². The van der Waals surface area contributed by atoms with Gasteiger partial charge in [-0.2, -0.15) is 4.31 Å². The number of piperidine rings is 1. The van der Waals surface area contributed by atoms with Gasteiger partial charge in [0.1, 0.15) is 0 Å². The summed E-state index contributed by atoms with van der Waals surface area (Å²) in [5.74, 6) is -0.187. The fourth-order valence-corrected chi connectivity index (χ4v) is 5.93. The largest absolute Gasteiger partial charge is 0.369 e. The Bertz CT molecular complexity index is 1040. The second-order valence-corrected chi connectivity index (χ2v) is 11.2. The van der Waals surface area contributed by atoms with Crippen molar-refractivity contribution >= 4 is 33.2 Å². The Balaban J connectivity index is 1.25. The number of likely N-dealkylation sites (N-methyl/N-ethyl adjacent to an activating group) is 1. The summed E-state index contributed by atoms with van der Waals surface area (Å²) in [7, 11) is -1.42. The molecule has 7 nitrogen and oxygen atoms in total. The fraction of sp³-hybridized carbons (Fsp3) is 0.458. The van der Waals surface area contributed by atoms with Crippen molar-refractivity contribution in [1.82, 2.24) is 14.5 Å². The molecular weight excluding hydrogens is 460 g/mol. The predicted molar refractivity (Wildman–Crippen MR) is 131 cm³/mol. The third-order valence-corrected chi connectivity index (χ3v) is 8.71. The van der Waals surface area contributed by atoms with Crippen LogP contribution in [-0.4, -0.2) is 69.8 Å². The van der Waals surface area contributed by atoms with Crippen LogP contribution in [-0.2, 0) is 21.4 Å². The van der Waals surface area contributed by atoms with Crippen molar-refractivity contribution in [1.29, 1.82) is 0 Å². The molecule has 2 fully saturated rings. The van der Waals surface area contributed by atoms with Gasteiger partial charge in [-0.25, -0.2) is 8.42 Å². The van der Waals surface area contributed by atoms with Crippen molar-refractivity contribution in [3.8, 4) is 0 Å². The lowest BCUT2D eigenvalue weighted by Crippen LogP contribution is -2.44. The van der Waals surface area contributed by atoms with E-state index in [9.17, 15) is 13.2 Å². The molecule has 0 aliphatic carbocycles. The number of nitrogens with zero attached hydrogens (tertiary/aromatic N) is 3. The first-order valence-electron chi connectivity index (χ1n) is 11.4. The number of carbonyl (C=O) groups is 1. The minimum absolute atomic E-state index is 0.0123. The molecule has 4 rings (SSSR count). The van der Waals surface area contributed by atoms with Crippen molar-refractivity contribution in [2.75, 3.05) is 51.2 Å². The zero-order valence-electron chi connectivity index (χ0n) is 18.9. The van der Waals surface area contributed by atoms with E-state index >= 15 is 0 Å². The zero-order chi connectivity index (χ0) is 23.4. The molecule has 2 aliphatic rings. The van der Waals surface area contributed by atoms with Gasteiger partial charge in [0.25, 0.3) is 0 Å². The highest BCUT2D eigenvalue weighted by atomic mass is 35.5. The molecule has 2 aromatic rings. The summed E-state index contributed by atoms with van der Waals surface area (Å²) in [6.07, 6.45) is 1.03. The molecule has 0 atom stereocenters. The Kier molecular flexibility index (Phi) is 7.58. The molecule has 0 aromatic heterocycles. The van der Waals surface area contributed by atoms with E-state index in [0.29, 0.717) is 37.5 Å². The number of hydrogen-bond acceptors (Lipinski definition) is 5. The number of piperazine rings is 1. The summed E-state index contributed by atoms with van der Waals surface area (Å²) in [5, 5.41) is 3.52. The first-order chi connectivity index (χ1) is 15.8. The van der Waals surface area contributed by atoms with Crippen molar-refractivity contribution in [3.63, 3.8) is 0 Å². The monoisotopic (exact) mass is 490 g/mol. The van der Waals surface area contributed by atoms with Gasteiger partial charge in [-0.1, -0.05) is 23.7 Å². The quantitative estimate of drug-likeness (QED) is 0.674. The summed E-state index contributed by atoms with van der Waals surface area (Å²) >= 11 is 5.87. The highest BCUT2D eigenvalue weighted by molar-refractivity contribution is 7.89. The van der Waals surface area contributed by atoms with E-state index in [1.807, 2.05) is 0 Å². The van der Waals surface area contributed by atoms with Gasteiger partial charge in [-0.15, -0.1) is 0 Å². The predicted octanol–water partition coefficient (Wildman–Crippen LogP) is 2.81. The first kappa shape index (κ1) is 24.0. The number of anilines is 1. The molecular formula is C24H31ClN4O3S. The number of rotatable bonds is 6. The normalized spacial score (nSPS) is 18.9. The van der Waals surface area contributed by atoms with Crippen molar-refractivity contribution in [2.45, 2.75) is 24.3 Å². The molecule has 2 saturated heterocycles. The molecule has 0 saturated carbocycles. The van der Waals surface area contributed by atoms with Crippen molar-refractivity contribution in [3.05, 3.63) is 59.1 Å². The zero-order valence-corrected chi connectivity index (χ0v) is 20.5. The SMILES string of the molecule is CN1CCN(c2ccc(CNC(=O)C3CCN(S(=O)(=O)c4ccc(Cl)cc4)CC3)cc2)CC1. The van der Waals surface area contributed by atoms with E-state index in [2.05, 4.69) is 46.4 Å². The molecule has 33 heavy (non-hydrogen) atoms. The summed E-state index contributed by atoms with van der Waals surface area (Å²) < 4.78 is 27.1. The second kappa shape index (κ2) is 10.4. The summed E-state index contributed by atoms with van der Waals surface area (Å²) in [5.41, 5.74) is 2.27. The molecule has 178 valence electrons. The van der Waals surface area contributed by atoms with Crippen LogP contribution >= 0.6 is 11.6 Å². The number of sulfonamides is 1. The van der Waals surface area contributed by atoms with Crippen molar-refractivity contribution < 1.29 is 13.2 Å². The molecule has 1 N–H and O–H groups in total. The lowest BCUT2D eigenvalue weighted by atomic mass is 9.97. The number of halogens is 1. The molecule has 9 heteroatoms. The van der Waals surface area contributed by atoms with Gasteiger partial charge in [-0.05, 0) is 61.9 Å². The smallest absolute Gasteiger partial charge is 0.243 e. The molecule has 2 heterocycles. The van der Waals surface area contributed by atoms with E-state index in [-0.39, 0.29) is 16.7 Å². The summed E-state index contributed by atoms with van der Waals surface area (Å²) in [6.45, 7) is 5.34. The van der Waals surface area contributed by atoms with E-state index in [1.54, 1.807) is 12.1 Å². The van der Waals surface area contributed by atoms with Gasteiger partial charge >= 0.3 is 0 Å². The van der Waals surface area contributed by atoms with Crippen LogP contribution in [0.1, 0.15) is 18.4 Å². The van der Waals surface area contributed by atoms with Gasteiger partial charge in [0.05, 0.1) is 4.90 Å². The minimum atomic E-state index is -3.56. The fourth-order valence-electron chi connectivity index (χ4n) is 4.34. The number of benzene rings is 2. The van der Waals surface area contributed by atoms with Crippen LogP contribution in [0.15, 0.2) is 53.4 Å². The third-order valence-electron chi connectivity index (χ3n) is 6.55. The Hall–Kier alpha value is -2.13. The molecule has 2 aromatic carbocycles. The molecule has 0 bridgehead atoms. The van der Waals surface area contributed by atoms with Crippen LogP contribution < -0.4 is 10.2 Å². The van der Waals surface area contributed by atoms with Crippen LogP contribution in [0.4, 0.5) is 5.69 Å². The standard InChI is InChI=1S/C24H31ClN4O3S/c1-27-14-16-28(17-15-27)22-6-2-19(3-7-22)18-26-24(30)20-10-12-29(13-11-20)33(31,32)23-8-4-21(25)5-9-23/h2-9,20H,10-18H2,1H3,(H,26,30). The van der Waals surface area contributed by atoms with E-state index in [0.717, 1.165) is 31.7 Å². The Labute approximate surface area is 201 Å². The van der Waals surface area contributed by atoms with Gasteiger partial charge < -0.3 is 15.1 Å². The van der Waals surface area contributed by atoms with Crippen molar-refractivity contribution in [2.24, 2.45) is 5.92 Å². The highest BCUT2D eigenvalue weighted by Gasteiger charge is 2.32. The maximum atomic E-state index is 12.8. The van der Waals surface area contributed by atoms with Crippen LogP contribution in [0.3, 0.4) is 0 Å². The van der Waals surface area contributed by atoms with Crippen LogP contribution in [0, 0.1) is 5.92 Å². The summed E-state index contributed by atoms with van der Waals surface area (Å²) in [4.78, 5) is 17.6. The number of carbonyl (C=O) groups excluding carboxylic acids is 1. The maximum absolute atomic E-state index is 12.8. The Morgan fingerprint density at radius 1 is 0.939 bits per heavy atom. The molecule has 1 amide bonds. The third kappa shape index (κ3) is 5.87. The second-order valence-electron chi connectivity index (χ2n) is 8.81. The summed E-state index contributed by atoms with van der Waals surface area (Å²) in [6, 6.07) is 14.6. The van der Waals surface area contributed by atoms with Crippen LogP contribution in [0.25, 0.3) is 0 Å². The lowest BCUT2D eigenvalue weighted by Gasteiger charge is -2.34. The number of hydrogen-bond donors (Lipinski definition) is 1. The average molecular weight is 491 g/mol. The average Bonchev–Trinajstić information content (AvgIpc) is 2.84. The number of amides is 1. The van der Waals surface area contributed by atoms with Crippen LogP contribution in [0.2, 0.25) is 5.02 Å². The molecule has 0 unspecified atom stereocenters. The molecule has 0 radical (unpaired) electrons. The van der Waals surface area contributed by atoms with Gasteiger partial charge in [0.2, 0.25) is 15.9 Å². The molecule has 2 aliphatic heterocycles. The highest BCUT2D eigenvalue weighted by Crippen LogP contribution is 2.25. The number of nitrogens with one attached hydrogen (secondary N) is 1. The van der Waals surface area contributed by atoms with Gasteiger partial charge in [0, 0.05) is 62.4 Å². The first-order valence-corrected chi connectivity index (χ1v) is 13.2. The maximum Gasteiger partial charge on any atom is 0.243 e.